The lowest BCUT2D eigenvalue weighted by Gasteiger charge is -2.36. The lowest BCUT2D eigenvalue weighted by atomic mass is 9.76. The quantitative estimate of drug-likeness (QED) is 0.710. The lowest BCUT2D eigenvalue weighted by Crippen LogP contribution is -2.41. The molecule has 1 fully saturated rings. The first kappa shape index (κ1) is 22.4. The molecule has 2 amide bonds. The number of amides is 2. The summed E-state index contributed by atoms with van der Waals surface area (Å²) in [6.07, 6.45) is 4.98. The Bertz CT molecular complexity index is 954. The zero-order valence-electron chi connectivity index (χ0n) is 19.0. The van der Waals surface area contributed by atoms with Crippen LogP contribution in [0.1, 0.15) is 53.6 Å². The fraction of sp³-hybridized carbons (Fsp3) is 0.520. The standard InChI is InChI=1S/C25H32N2O5/c1-15-5-4-8-27(14-15)23(29)12-20(16-6-7-19-17(9-16)13-26-25(19)30)24-21(28)10-18(31-2)11-22(24)32-3/h6-7,9-11,15,20-21,24,28H,4-5,8,12-14H2,1-3H3,(H,26,30)/t15?,20?,21-,24?/m1/s1. The first-order valence-corrected chi connectivity index (χ1v) is 11.3. The third-order valence-electron chi connectivity index (χ3n) is 6.87. The third-order valence-corrected chi connectivity index (χ3v) is 6.87. The number of aliphatic hydroxyl groups is 1. The van der Waals surface area contributed by atoms with E-state index in [1.165, 1.54) is 0 Å². The van der Waals surface area contributed by atoms with Crippen LogP contribution in [0.5, 0.6) is 0 Å². The minimum absolute atomic E-state index is 0.0793. The highest BCUT2D eigenvalue weighted by molar-refractivity contribution is 5.98. The fourth-order valence-electron chi connectivity index (χ4n) is 5.15. The lowest BCUT2D eigenvalue weighted by molar-refractivity contribution is -0.133. The smallest absolute Gasteiger partial charge is 0.251 e. The number of hydrogen-bond donors (Lipinski definition) is 2. The van der Waals surface area contributed by atoms with Gasteiger partial charge in [-0.3, -0.25) is 9.59 Å². The van der Waals surface area contributed by atoms with Crippen molar-refractivity contribution in [3.8, 4) is 0 Å². The van der Waals surface area contributed by atoms with E-state index < -0.39 is 12.0 Å². The van der Waals surface area contributed by atoms with Gasteiger partial charge in [-0.1, -0.05) is 19.1 Å². The minimum atomic E-state index is -0.865. The Balaban J connectivity index is 1.68. The Morgan fingerprint density at radius 1 is 1.31 bits per heavy atom. The van der Waals surface area contributed by atoms with Crippen molar-refractivity contribution in [1.82, 2.24) is 10.2 Å². The summed E-state index contributed by atoms with van der Waals surface area (Å²) in [6, 6.07) is 5.70. The Morgan fingerprint density at radius 2 is 2.12 bits per heavy atom. The number of likely N-dealkylation sites (tertiary alicyclic amines) is 1. The molecule has 0 spiro atoms. The summed E-state index contributed by atoms with van der Waals surface area (Å²) in [5.41, 5.74) is 2.50. The number of allylic oxidation sites excluding steroid dienone is 1. The second kappa shape index (κ2) is 9.36. The van der Waals surface area contributed by atoms with Crippen molar-refractivity contribution >= 4 is 11.8 Å². The summed E-state index contributed by atoms with van der Waals surface area (Å²) < 4.78 is 11.0. The molecular weight excluding hydrogens is 408 g/mol. The number of piperidine rings is 1. The predicted molar refractivity (Wildman–Crippen MR) is 120 cm³/mol. The number of nitrogens with zero attached hydrogens (tertiary/aromatic N) is 1. The van der Waals surface area contributed by atoms with Crippen LogP contribution in [0.4, 0.5) is 0 Å². The number of carbonyl (C=O) groups excluding carboxylic acids is 2. The maximum absolute atomic E-state index is 13.4. The number of ether oxygens (including phenoxy) is 2. The van der Waals surface area contributed by atoms with Crippen molar-refractivity contribution in [2.24, 2.45) is 11.8 Å². The summed E-state index contributed by atoms with van der Waals surface area (Å²) in [6.45, 7) is 4.18. The Hall–Kier alpha value is -2.80. The average Bonchev–Trinajstić information content (AvgIpc) is 3.17. The van der Waals surface area contributed by atoms with Gasteiger partial charge < -0.3 is 24.8 Å². The molecule has 2 heterocycles. The predicted octanol–water partition coefficient (Wildman–Crippen LogP) is 2.71. The van der Waals surface area contributed by atoms with Gasteiger partial charge in [-0.2, -0.15) is 0 Å². The molecule has 4 atom stereocenters. The van der Waals surface area contributed by atoms with E-state index in [0.29, 0.717) is 29.5 Å². The molecule has 7 nitrogen and oxygen atoms in total. The third kappa shape index (κ3) is 4.39. The molecule has 0 aromatic heterocycles. The topological polar surface area (TPSA) is 88.1 Å². The highest BCUT2D eigenvalue weighted by Gasteiger charge is 2.38. The molecule has 1 aliphatic carbocycles. The highest BCUT2D eigenvalue weighted by Crippen LogP contribution is 2.40. The number of benzene rings is 1. The number of rotatable bonds is 6. The van der Waals surface area contributed by atoms with E-state index in [-0.39, 0.29) is 24.2 Å². The number of methoxy groups -OCH3 is 2. The van der Waals surface area contributed by atoms with Crippen LogP contribution in [-0.4, -0.2) is 55.2 Å². The van der Waals surface area contributed by atoms with Gasteiger partial charge in [-0.25, -0.2) is 0 Å². The summed E-state index contributed by atoms with van der Waals surface area (Å²) in [4.78, 5) is 27.3. The first-order chi connectivity index (χ1) is 15.4. The maximum atomic E-state index is 13.4. The maximum Gasteiger partial charge on any atom is 0.251 e. The van der Waals surface area contributed by atoms with Gasteiger partial charge in [0.2, 0.25) is 5.91 Å². The van der Waals surface area contributed by atoms with Crippen LogP contribution < -0.4 is 5.32 Å². The molecule has 0 radical (unpaired) electrons. The monoisotopic (exact) mass is 440 g/mol. The van der Waals surface area contributed by atoms with E-state index in [2.05, 4.69) is 12.2 Å². The van der Waals surface area contributed by atoms with E-state index >= 15 is 0 Å². The summed E-state index contributed by atoms with van der Waals surface area (Å²) in [7, 11) is 3.12. The molecule has 172 valence electrons. The molecule has 0 saturated carbocycles. The Morgan fingerprint density at radius 3 is 2.84 bits per heavy atom. The summed E-state index contributed by atoms with van der Waals surface area (Å²) in [5, 5.41) is 13.9. The second-order valence-electron chi connectivity index (χ2n) is 9.04. The summed E-state index contributed by atoms with van der Waals surface area (Å²) >= 11 is 0. The van der Waals surface area contributed by atoms with Gasteiger partial charge in [-0.15, -0.1) is 0 Å². The van der Waals surface area contributed by atoms with E-state index in [4.69, 9.17) is 9.47 Å². The molecule has 32 heavy (non-hydrogen) atoms. The normalized spacial score (nSPS) is 25.9. The molecule has 4 rings (SSSR count). The Kier molecular flexibility index (Phi) is 6.55. The molecule has 1 aromatic rings. The number of fused-ring (bicyclic) bond motifs is 1. The molecule has 1 saturated heterocycles. The molecule has 3 unspecified atom stereocenters. The van der Waals surface area contributed by atoms with Crippen LogP contribution in [0.3, 0.4) is 0 Å². The van der Waals surface area contributed by atoms with Gasteiger partial charge in [-0.05, 0) is 42.0 Å². The van der Waals surface area contributed by atoms with Crippen molar-refractivity contribution in [1.29, 1.82) is 0 Å². The number of nitrogens with one attached hydrogen (secondary N) is 1. The van der Waals surface area contributed by atoms with E-state index in [1.54, 1.807) is 26.4 Å². The van der Waals surface area contributed by atoms with Crippen LogP contribution in [0, 0.1) is 11.8 Å². The van der Waals surface area contributed by atoms with Crippen molar-refractivity contribution in [2.45, 2.75) is 44.8 Å². The van der Waals surface area contributed by atoms with Gasteiger partial charge in [0.25, 0.3) is 5.91 Å². The van der Waals surface area contributed by atoms with Crippen LogP contribution in [0.15, 0.2) is 41.9 Å². The zero-order chi connectivity index (χ0) is 22.8. The second-order valence-corrected chi connectivity index (χ2v) is 9.04. The van der Waals surface area contributed by atoms with E-state index in [1.807, 2.05) is 23.1 Å². The zero-order valence-corrected chi connectivity index (χ0v) is 19.0. The van der Waals surface area contributed by atoms with Gasteiger partial charge in [0, 0.05) is 43.6 Å². The minimum Gasteiger partial charge on any atom is -0.501 e. The number of hydrogen-bond acceptors (Lipinski definition) is 5. The van der Waals surface area contributed by atoms with E-state index in [9.17, 15) is 14.7 Å². The molecule has 0 bridgehead atoms. The van der Waals surface area contributed by atoms with Crippen molar-refractivity contribution in [3.05, 3.63) is 58.6 Å². The highest BCUT2D eigenvalue weighted by atomic mass is 16.5. The first-order valence-electron chi connectivity index (χ1n) is 11.3. The molecule has 7 heteroatoms. The van der Waals surface area contributed by atoms with Crippen LogP contribution in [0.25, 0.3) is 0 Å². The molecule has 2 aliphatic heterocycles. The Labute approximate surface area is 189 Å². The molecular formula is C25H32N2O5. The number of aliphatic hydroxyl groups excluding tert-OH is 1. The van der Waals surface area contributed by atoms with Crippen molar-refractivity contribution in [2.75, 3.05) is 27.3 Å². The molecule has 2 N–H and O–H groups in total. The van der Waals surface area contributed by atoms with Gasteiger partial charge in [0.05, 0.1) is 26.2 Å². The van der Waals surface area contributed by atoms with Crippen molar-refractivity contribution < 1.29 is 24.2 Å². The van der Waals surface area contributed by atoms with Crippen LogP contribution >= 0.6 is 0 Å². The van der Waals surface area contributed by atoms with Crippen LogP contribution in [0.2, 0.25) is 0 Å². The van der Waals surface area contributed by atoms with Gasteiger partial charge in [0.1, 0.15) is 11.5 Å². The fourth-order valence-corrected chi connectivity index (χ4v) is 5.15. The summed E-state index contributed by atoms with van der Waals surface area (Å²) in [5.74, 6) is 0.861. The van der Waals surface area contributed by atoms with Gasteiger partial charge in [0.15, 0.2) is 0 Å². The average molecular weight is 441 g/mol. The van der Waals surface area contributed by atoms with Crippen molar-refractivity contribution in [3.63, 3.8) is 0 Å². The SMILES string of the molecule is COC1=C[C@@H](O)C(C(CC(=O)N2CCCC(C)C2)c2ccc3c(c2)CNC3=O)C(OC)=C1. The largest absolute Gasteiger partial charge is 0.501 e. The molecule has 3 aliphatic rings. The number of carbonyl (C=O) groups is 2. The van der Waals surface area contributed by atoms with E-state index in [0.717, 1.165) is 37.1 Å². The van der Waals surface area contributed by atoms with Gasteiger partial charge >= 0.3 is 0 Å². The van der Waals surface area contributed by atoms with Crippen LogP contribution in [-0.2, 0) is 20.8 Å². The molecule has 1 aromatic carbocycles.